The number of piperidine rings is 1. The molecule has 1 aromatic heterocycles. The summed E-state index contributed by atoms with van der Waals surface area (Å²) >= 11 is 0. The van der Waals surface area contributed by atoms with E-state index < -0.39 is 0 Å². The molecule has 2 atom stereocenters. The van der Waals surface area contributed by atoms with Crippen LogP contribution in [0.15, 0.2) is 30.3 Å². The highest BCUT2D eigenvalue weighted by Gasteiger charge is 2.30. The van der Waals surface area contributed by atoms with E-state index in [1.165, 1.54) is 0 Å². The second-order valence-electron chi connectivity index (χ2n) is 6.33. The average Bonchev–Trinajstić information content (AvgIpc) is 3.12. The summed E-state index contributed by atoms with van der Waals surface area (Å²) in [5.41, 5.74) is 2.07. The Morgan fingerprint density at radius 3 is 3.00 bits per heavy atom. The number of likely N-dealkylation sites (tertiary alicyclic amines) is 1. The molecule has 2 N–H and O–H groups in total. The van der Waals surface area contributed by atoms with Gasteiger partial charge in [0.2, 0.25) is 0 Å². The molecule has 1 aliphatic heterocycles. The van der Waals surface area contributed by atoms with Crippen molar-refractivity contribution in [1.82, 2.24) is 15.1 Å². The Morgan fingerprint density at radius 2 is 2.25 bits per heavy atom. The van der Waals surface area contributed by atoms with Gasteiger partial charge in [-0.25, -0.2) is 0 Å². The number of ether oxygens (including phenoxy) is 1. The van der Waals surface area contributed by atoms with E-state index in [-0.39, 0.29) is 24.5 Å². The molecule has 0 saturated carbocycles. The van der Waals surface area contributed by atoms with Crippen LogP contribution in [0.3, 0.4) is 0 Å². The summed E-state index contributed by atoms with van der Waals surface area (Å²) < 4.78 is 5.23. The highest BCUT2D eigenvalue weighted by Crippen LogP contribution is 2.26. The van der Waals surface area contributed by atoms with E-state index in [0.29, 0.717) is 17.9 Å². The first-order valence-electron chi connectivity index (χ1n) is 8.24. The maximum absolute atomic E-state index is 12.8. The first-order chi connectivity index (χ1) is 11.6. The van der Waals surface area contributed by atoms with Gasteiger partial charge in [-0.3, -0.25) is 9.89 Å². The van der Waals surface area contributed by atoms with Crippen LogP contribution in [0.25, 0.3) is 11.3 Å². The number of carbonyl (C=O) groups excluding carboxylic acids is 1. The van der Waals surface area contributed by atoms with Crippen molar-refractivity contribution in [2.24, 2.45) is 5.92 Å². The molecule has 6 nitrogen and oxygen atoms in total. The SMILES string of the molecule is COc1cccc(-c2cc(C(=O)N3CC(CO)CCC3C)[nH]n2)c1. The number of nitrogens with one attached hydrogen (secondary N) is 1. The third-order valence-electron chi connectivity index (χ3n) is 4.67. The van der Waals surface area contributed by atoms with E-state index in [1.54, 1.807) is 13.2 Å². The van der Waals surface area contributed by atoms with Gasteiger partial charge in [-0.2, -0.15) is 5.10 Å². The highest BCUT2D eigenvalue weighted by atomic mass is 16.5. The van der Waals surface area contributed by atoms with Crippen LogP contribution in [0, 0.1) is 5.92 Å². The molecule has 1 aromatic carbocycles. The zero-order chi connectivity index (χ0) is 17.1. The van der Waals surface area contributed by atoms with E-state index >= 15 is 0 Å². The van der Waals surface area contributed by atoms with Gasteiger partial charge >= 0.3 is 0 Å². The van der Waals surface area contributed by atoms with Crippen molar-refractivity contribution in [2.75, 3.05) is 20.3 Å². The summed E-state index contributed by atoms with van der Waals surface area (Å²) in [6.45, 7) is 2.75. The number of hydrogen-bond donors (Lipinski definition) is 2. The van der Waals surface area contributed by atoms with Gasteiger partial charge in [-0.1, -0.05) is 12.1 Å². The molecule has 0 spiro atoms. The Kier molecular flexibility index (Phi) is 4.85. The van der Waals surface area contributed by atoms with Crippen LogP contribution in [-0.2, 0) is 0 Å². The van der Waals surface area contributed by atoms with Crippen LogP contribution in [0.2, 0.25) is 0 Å². The Balaban J connectivity index is 1.80. The number of rotatable bonds is 4. The molecule has 2 aromatic rings. The van der Waals surface area contributed by atoms with Crippen LogP contribution >= 0.6 is 0 Å². The van der Waals surface area contributed by atoms with Gasteiger partial charge in [0, 0.05) is 24.8 Å². The lowest BCUT2D eigenvalue weighted by Gasteiger charge is -2.37. The predicted octanol–water partition coefficient (Wildman–Crippen LogP) is 2.32. The molecule has 6 heteroatoms. The summed E-state index contributed by atoms with van der Waals surface area (Å²) in [5.74, 6) is 0.840. The first kappa shape index (κ1) is 16.5. The molecular weight excluding hydrogens is 306 g/mol. The minimum atomic E-state index is -0.0673. The molecule has 1 fully saturated rings. The van der Waals surface area contributed by atoms with E-state index in [2.05, 4.69) is 10.2 Å². The van der Waals surface area contributed by atoms with Crippen molar-refractivity contribution in [3.63, 3.8) is 0 Å². The molecule has 2 heterocycles. The van der Waals surface area contributed by atoms with Gasteiger partial charge in [0.05, 0.1) is 12.8 Å². The van der Waals surface area contributed by atoms with Crippen LogP contribution < -0.4 is 4.74 Å². The Hall–Kier alpha value is -2.34. The molecule has 3 rings (SSSR count). The number of nitrogens with zero attached hydrogens (tertiary/aromatic N) is 2. The molecule has 2 unspecified atom stereocenters. The zero-order valence-electron chi connectivity index (χ0n) is 14.0. The van der Waals surface area contributed by atoms with Gasteiger partial charge in [-0.15, -0.1) is 0 Å². The van der Waals surface area contributed by atoms with Gasteiger partial charge in [0.25, 0.3) is 5.91 Å². The number of aliphatic hydroxyl groups excluding tert-OH is 1. The number of carbonyl (C=O) groups is 1. The number of H-pyrrole nitrogens is 1. The van der Waals surface area contributed by atoms with Crippen LogP contribution in [0.4, 0.5) is 0 Å². The largest absolute Gasteiger partial charge is 0.497 e. The highest BCUT2D eigenvalue weighted by molar-refractivity contribution is 5.93. The first-order valence-corrected chi connectivity index (χ1v) is 8.24. The van der Waals surface area contributed by atoms with Crippen molar-refractivity contribution in [3.05, 3.63) is 36.0 Å². The lowest BCUT2D eigenvalue weighted by molar-refractivity contribution is 0.0483. The Bertz CT molecular complexity index is 713. The van der Waals surface area contributed by atoms with E-state index in [4.69, 9.17) is 4.74 Å². The molecule has 1 amide bonds. The fraction of sp³-hybridized carbons (Fsp3) is 0.444. The Morgan fingerprint density at radius 1 is 1.42 bits per heavy atom. The molecule has 1 saturated heterocycles. The predicted molar refractivity (Wildman–Crippen MR) is 90.9 cm³/mol. The topological polar surface area (TPSA) is 78.5 Å². The third kappa shape index (κ3) is 3.28. The summed E-state index contributed by atoms with van der Waals surface area (Å²) in [5, 5.41) is 16.5. The number of benzene rings is 1. The lowest BCUT2D eigenvalue weighted by Crippen LogP contribution is -2.46. The van der Waals surface area contributed by atoms with Crippen molar-refractivity contribution in [3.8, 4) is 17.0 Å². The fourth-order valence-electron chi connectivity index (χ4n) is 3.13. The fourth-order valence-corrected chi connectivity index (χ4v) is 3.13. The maximum Gasteiger partial charge on any atom is 0.272 e. The van der Waals surface area contributed by atoms with Crippen LogP contribution in [0.5, 0.6) is 5.75 Å². The summed E-state index contributed by atoms with van der Waals surface area (Å²) in [4.78, 5) is 14.6. The molecule has 1 aliphatic rings. The van der Waals surface area contributed by atoms with E-state index in [9.17, 15) is 9.90 Å². The molecule has 0 aliphatic carbocycles. The Labute approximate surface area is 141 Å². The minimum Gasteiger partial charge on any atom is -0.497 e. The lowest BCUT2D eigenvalue weighted by atomic mass is 9.94. The van der Waals surface area contributed by atoms with Gasteiger partial charge in [-0.05, 0) is 43.9 Å². The number of amides is 1. The summed E-state index contributed by atoms with van der Waals surface area (Å²) in [6.07, 6.45) is 1.87. The van der Waals surface area contributed by atoms with Gasteiger partial charge in [0.15, 0.2) is 0 Å². The number of aromatic nitrogens is 2. The number of aliphatic hydroxyl groups is 1. The average molecular weight is 329 g/mol. The molecule has 0 bridgehead atoms. The van der Waals surface area contributed by atoms with E-state index in [0.717, 1.165) is 24.2 Å². The molecule has 128 valence electrons. The number of hydrogen-bond acceptors (Lipinski definition) is 4. The van der Waals surface area contributed by atoms with Gasteiger partial charge in [0.1, 0.15) is 11.4 Å². The van der Waals surface area contributed by atoms with Crippen molar-refractivity contribution in [1.29, 1.82) is 0 Å². The van der Waals surface area contributed by atoms with E-state index in [1.807, 2.05) is 36.1 Å². The molecule has 0 radical (unpaired) electrons. The third-order valence-corrected chi connectivity index (χ3v) is 4.67. The van der Waals surface area contributed by atoms with Crippen molar-refractivity contribution < 1.29 is 14.6 Å². The van der Waals surface area contributed by atoms with Crippen LogP contribution in [-0.4, -0.2) is 52.4 Å². The second kappa shape index (κ2) is 7.05. The minimum absolute atomic E-state index is 0.0673. The molecule has 24 heavy (non-hydrogen) atoms. The second-order valence-corrected chi connectivity index (χ2v) is 6.33. The molecular formula is C18H23N3O3. The number of aromatic amines is 1. The normalized spacial score (nSPS) is 20.9. The van der Waals surface area contributed by atoms with Crippen molar-refractivity contribution >= 4 is 5.91 Å². The monoisotopic (exact) mass is 329 g/mol. The maximum atomic E-state index is 12.8. The standard InChI is InChI=1S/C18H23N3O3/c1-12-6-7-13(11-22)10-21(12)18(23)17-9-16(19-20-17)14-4-3-5-15(8-14)24-2/h3-5,8-9,12-13,22H,6-7,10-11H2,1-2H3,(H,19,20). The van der Waals surface area contributed by atoms with Crippen molar-refractivity contribution in [2.45, 2.75) is 25.8 Å². The smallest absolute Gasteiger partial charge is 0.272 e. The summed E-state index contributed by atoms with van der Waals surface area (Å²) in [6, 6.07) is 9.51. The quantitative estimate of drug-likeness (QED) is 0.902. The van der Waals surface area contributed by atoms with Gasteiger partial charge < -0.3 is 14.7 Å². The zero-order valence-corrected chi connectivity index (χ0v) is 14.0. The number of methoxy groups -OCH3 is 1. The van der Waals surface area contributed by atoms with Crippen LogP contribution in [0.1, 0.15) is 30.3 Å². The summed E-state index contributed by atoms with van der Waals surface area (Å²) in [7, 11) is 1.62.